The summed E-state index contributed by atoms with van der Waals surface area (Å²) in [7, 11) is 0. The lowest BCUT2D eigenvalue weighted by Gasteiger charge is -2.44. The molecule has 0 radical (unpaired) electrons. The molecule has 1 aromatic heterocycles. The summed E-state index contributed by atoms with van der Waals surface area (Å²) in [5, 5.41) is 9.72. The van der Waals surface area contributed by atoms with Gasteiger partial charge in [-0.3, -0.25) is 19.5 Å². The number of hydrogen-bond donors (Lipinski definition) is 1. The Kier molecular flexibility index (Phi) is 7.25. The number of likely N-dealkylation sites (tertiary alicyclic amines) is 2. The molecule has 1 aliphatic carbocycles. The number of carboxylic acid groups (broad SMARTS) is 1. The lowest BCUT2D eigenvalue weighted by atomic mass is 9.88. The van der Waals surface area contributed by atoms with Crippen LogP contribution in [0.3, 0.4) is 0 Å². The first kappa shape index (κ1) is 25.7. The van der Waals surface area contributed by atoms with Gasteiger partial charge in [0, 0.05) is 37.6 Å². The summed E-state index contributed by atoms with van der Waals surface area (Å²) in [4.78, 5) is 33.4. The fourth-order valence-corrected chi connectivity index (χ4v) is 5.90. The summed E-state index contributed by atoms with van der Waals surface area (Å²) < 4.78 is 38.6. The van der Waals surface area contributed by atoms with E-state index in [4.69, 9.17) is 4.98 Å². The molecular weight excluding hydrogens is 483 g/mol. The molecule has 2 saturated heterocycles. The summed E-state index contributed by atoms with van der Waals surface area (Å²) in [6.07, 6.45) is 2.94. The van der Waals surface area contributed by atoms with Crippen molar-refractivity contribution in [3.63, 3.8) is 0 Å². The van der Waals surface area contributed by atoms with E-state index in [2.05, 4.69) is 12.1 Å². The molecule has 198 valence electrons. The zero-order chi connectivity index (χ0) is 26.2. The molecule has 1 amide bonds. The zero-order valence-corrected chi connectivity index (χ0v) is 20.7. The van der Waals surface area contributed by atoms with Gasteiger partial charge in [0.15, 0.2) is 0 Å². The molecule has 2 fully saturated rings. The van der Waals surface area contributed by atoms with Crippen LogP contribution in [-0.4, -0.2) is 57.9 Å². The number of alkyl halides is 3. The average molecular weight is 516 g/mol. The van der Waals surface area contributed by atoms with Crippen LogP contribution in [0.2, 0.25) is 0 Å². The summed E-state index contributed by atoms with van der Waals surface area (Å²) in [6.45, 7) is 1.95. The van der Waals surface area contributed by atoms with Gasteiger partial charge in [-0.15, -0.1) is 0 Å². The fraction of sp³-hybridized carbons (Fsp3) is 0.536. The molecule has 5 rings (SSSR count). The van der Waals surface area contributed by atoms with Crippen LogP contribution in [0.1, 0.15) is 59.8 Å². The van der Waals surface area contributed by atoms with Crippen LogP contribution in [0.15, 0.2) is 36.4 Å². The Morgan fingerprint density at radius 3 is 2.32 bits per heavy atom. The number of amides is 1. The first-order valence-corrected chi connectivity index (χ1v) is 13.1. The zero-order valence-electron chi connectivity index (χ0n) is 20.7. The number of hydrogen-bond acceptors (Lipinski definition) is 4. The van der Waals surface area contributed by atoms with Crippen molar-refractivity contribution in [1.82, 2.24) is 14.8 Å². The van der Waals surface area contributed by atoms with E-state index >= 15 is 0 Å². The van der Waals surface area contributed by atoms with Crippen molar-refractivity contribution in [2.75, 3.05) is 26.2 Å². The number of piperidine rings is 1. The van der Waals surface area contributed by atoms with Gasteiger partial charge in [-0.05, 0) is 80.2 Å². The molecule has 2 aromatic rings. The number of aliphatic carboxylic acids is 1. The van der Waals surface area contributed by atoms with Crippen LogP contribution >= 0.6 is 0 Å². The Morgan fingerprint density at radius 2 is 1.68 bits per heavy atom. The van der Waals surface area contributed by atoms with Crippen molar-refractivity contribution in [3.8, 4) is 0 Å². The van der Waals surface area contributed by atoms with Gasteiger partial charge in [0.1, 0.15) is 6.04 Å². The Morgan fingerprint density at radius 1 is 1.00 bits per heavy atom. The first-order valence-electron chi connectivity index (χ1n) is 13.1. The Bertz CT molecular complexity index is 1140. The fourth-order valence-electron chi connectivity index (χ4n) is 5.90. The molecule has 1 N–H and O–H groups in total. The third-order valence-corrected chi connectivity index (χ3v) is 8.07. The van der Waals surface area contributed by atoms with Gasteiger partial charge in [0.05, 0.1) is 11.5 Å². The molecule has 3 heterocycles. The highest BCUT2D eigenvalue weighted by Crippen LogP contribution is 2.34. The van der Waals surface area contributed by atoms with E-state index in [9.17, 15) is 27.9 Å². The minimum absolute atomic E-state index is 0.0400. The quantitative estimate of drug-likeness (QED) is 0.613. The highest BCUT2D eigenvalue weighted by molar-refractivity contribution is 5.81. The average Bonchev–Trinajstić information content (AvgIpc) is 2.85. The smallest absolute Gasteiger partial charge is 0.416 e. The van der Waals surface area contributed by atoms with Gasteiger partial charge < -0.3 is 10.0 Å². The van der Waals surface area contributed by atoms with Crippen molar-refractivity contribution >= 4 is 11.9 Å². The number of carboxylic acids is 1. The molecule has 0 bridgehead atoms. The van der Waals surface area contributed by atoms with Crippen LogP contribution in [0.5, 0.6) is 0 Å². The molecule has 6 nitrogen and oxygen atoms in total. The third-order valence-electron chi connectivity index (χ3n) is 8.07. The van der Waals surface area contributed by atoms with Crippen molar-refractivity contribution in [3.05, 3.63) is 64.5 Å². The highest BCUT2D eigenvalue weighted by atomic mass is 19.4. The molecule has 0 saturated carbocycles. The number of rotatable bonds is 6. The van der Waals surface area contributed by atoms with Crippen LogP contribution in [-0.2, 0) is 35.0 Å². The van der Waals surface area contributed by atoms with Crippen LogP contribution in [0.25, 0.3) is 0 Å². The van der Waals surface area contributed by atoms with Crippen molar-refractivity contribution < 1.29 is 27.9 Å². The second kappa shape index (κ2) is 10.4. The molecule has 0 unspecified atom stereocenters. The van der Waals surface area contributed by atoms with Crippen LogP contribution in [0, 0.1) is 11.8 Å². The number of pyridine rings is 1. The minimum atomic E-state index is -4.48. The largest absolute Gasteiger partial charge is 0.480 e. The normalized spacial score (nSPS) is 20.2. The van der Waals surface area contributed by atoms with Crippen LogP contribution < -0.4 is 0 Å². The van der Waals surface area contributed by atoms with E-state index in [1.807, 2.05) is 4.90 Å². The lowest BCUT2D eigenvalue weighted by Crippen LogP contribution is -2.57. The molecule has 3 aliphatic rings. The maximum absolute atomic E-state index is 13.0. The number of halogens is 3. The number of carbonyl (C=O) groups is 2. The number of aromatic nitrogens is 1. The summed E-state index contributed by atoms with van der Waals surface area (Å²) >= 11 is 0. The van der Waals surface area contributed by atoms with Gasteiger partial charge in [-0.1, -0.05) is 18.2 Å². The topological polar surface area (TPSA) is 73.7 Å². The molecule has 0 spiro atoms. The highest BCUT2D eigenvalue weighted by Gasteiger charge is 2.42. The molecule has 9 heteroatoms. The Balaban J connectivity index is 1.12. The predicted octanol–water partition coefficient (Wildman–Crippen LogP) is 4.52. The lowest BCUT2D eigenvalue weighted by molar-refractivity contribution is -0.153. The van der Waals surface area contributed by atoms with E-state index in [1.165, 1.54) is 36.2 Å². The second-order valence-corrected chi connectivity index (χ2v) is 10.6. The van der Waals surface area contributed by atoms with Gasteiger partial charge in [0.2, 0.25) is 5.91 Å². The molecule has 37 heavy (non-hydrogen) atoms. The second-order valence-electron chi connectivity index (χ2n) is 10.6. The first-order chi connectivity index (χ1) is 17.7. The Labute approximate surface area is 214 Å². The predicted molar refractivity (Wildman–Crippen MR) is 131 cm³/mol. The van der Waals surface area contributed by atoms with E-state index in [0.717, 1.165) is 49.9 Å². The number of nitrogens with zero attached hydrogens (tertiary/aromatic N) is 3. The monoisotopic (exact) mass is 515 g/mol. The third kappa shape index (κ3) is 5.66. The number of aryl methyl sites for hydroxylation is 2. The molecule has 1 aromatic carbocycles. The van der Waals surface area contributed by atoms with E-state index in [0.29, 0.717) is 19.0 Å². The van der Waals surface area contributed by atoms with E-state index < -0.39 is 23.8 Å². The molecule has 1 atom stereocenters. The van der Waals surface area contributed by atoms with Gasteiger partial charge >= 0.3 is 12.1 Å². The molecule has 2 aliphatic heterocycles. The standard InChI is InChI=1S/C28H32F3N3O3/c29-28(30,31)22-8-5-20(6-9-22)25(27(36)37)34-16-21(17-34)26(35)33-13-11-18(12-14-33)15-23-10-7-19-3-1-2-4-24(19)32-23/h5-10,18,21,25H,1-4,11-17H2,(H,36,37)/t25-/m0/s1. The van der Waals surface area contributed by atoms with Gasteiger partial charge in [-0.25, -0.2) is 0 Å². The number of carbonyl (C=O) groups excluding carboxylic acids is 1. The van der Waals surface area contributed by atoms with Crippen molar-refractivity contribution in [2.24, 2.45) is 11.8 Å². The maximum Gasteiger partial charge on any atom is 0.416 e. The SMILES string of the molecule is O=C(O)[C@H](c1ccc(C(F)(F)F)cc1)N1CC(C(=O)N2CCC(Cc3ccc4c(n3)CCCC4)CC2)C1. The number of benzene rings is 1. The van der Waals surface area contributed by atoms with E-state index in [1.54, 1.807) is 4.90 Å². The van der Waals surface area contributed by atoms with Crippen LogP contribution in [0.4, 0.5) is 13.2 Å². The van der Waals surface area contributed by atoms with Crippen molar-refractivity contribution in [2.45, 2.75) is 57.2 Å². The minimum Gasteiger partial charge on any atom is -0.480 e. The molecular formula is C28H32F3N3O3. The summed E-state index contributed by atoms with van der Waals surface area (Å²) in [5.41, 5.74) is 3.24. The summed E-state index contributed by atoms with van der Waals surface area (Å²) in [5.74, 6) is -0.886. The summed E-state index contributed by atoms with van der Waals surface area (Å²) in [6, 6.07) is 7.53. The Hall–Kier alpha value is -2.94. The number of fused-ring (bicyclic) bond motifs is 1. The maximum atomic E-state index is 13.0. The van der Waals surface area contributed by atoms with Crippen molar-refractivity contribution in [1.29, 1.82) is 0 Å². The van der Waals surface area contributed by atoms with Gasteiger partial charge in [0.25, 0.3) is 0 Å². The van der Waals surface area contributed by atoms with Gasteiger partial charge in [-0.2, -0.15) is 13.2 Å². The van der Waals surface area contributed by atoms with E-state index in [-0.39, 0.29) is 30.5 Å².